The van der Waals surface area contributed by atoms with Crippen LogP contribution in [0.2, 0.25) is 0 Å². The molecule has 0 aromatic carbocycles. The number of carbonyl (C=O) groups excluding carboxylic acids is 1. The van der Waals surface area contributed by atoms with Gasteiger partial charge in [0, 0.05) is 26.2 Å². The van der Waals surface area contributed by atoms with Gasteiger partial charge in [-0.05, 0) is 38.6 Å². The van der Waals surface area contributed by atoms with Gasteiger partial charge in [-0.1, -0.05) is 31.5 Å². The Morgan fingerprint density at radius 1 is 1.22 bits per heavy atom. The molecule has 0 atom stereocenters. The van der Waals surface area contributed by atoms with Crippen molar-refractivity contribution in [1.29, 1.82) is 5.26 Å². The summed E-state index contributed by atoms with van der Waals surface area (Å²) in [4.78, 5) is 13.5. The van der Waals surface area contributed by atoms with Crippen LogP contribution in [0.5, 0.6) is 0 Å². The van der Waals surface area contributed by atoms with Crippen molar-refractivity contribution < 1.29 is 4.79 Å². The van der Waals surface area contributed by atoms with Gasteiger partial charge < -0.3 is 15.5 Å². The highest BCUT2D eigenvalue weighted by Gasteiger charge is 2.32. The number of nitrogens with zero attached hydrogens (tertiary/aromatic N) is 2. The molecule has 1 aliphatic rings. The normalized spacial score (nSPS) is 16.2. The van der Waals surface area contributed by atoms with E-state index in [1.165, 1.54) is 18.4 Å². The molecule has 0 spiro atoms. The van der Waals surface area contributed by atoms with Crippen LogP contribution >= 0.6 is 24.2 Å². The van der Waals surface area contributed by atoms with Gasteiger partial charge in [0.05, 0.1) is 6.07 Å². The van der Waals surface area contributed by atoms with Crippen molar-refractivity contribution in [2.24, 2.45) is 0 Å². The third kappa shape index (κ3) is 6.94. The first kappa shape index (κ1) is 20.0. The molecule has 0 heterocycles. The van der Waals surface area contributed by atoms with E-state index in [-0.39, 0.29) is 6.03 Å². The van der Waals surface area contributed by atoms with Gasteiger partial charge in [-0.3, -0.25) is 0 Å². The molecular weight excluding hydrogens is 330 g/mol. The van der Waals surface area contributed by atoms with Crippen molar-refractivity contribution in [3.8, 4) is 6.07 Å². The summed E-state index contributed by atoms with van der Waals surface area (Å²) in [5.74, 6) is 0. The van der Waals surface area contributed by atoms with Crippen molar-refractivity contribution >= 4 is 34.5 Å². The molecule has 0 unspecified atom stereocenters. The number of carbonyl (C=O) groups is 1. The second-order valence-electron chi connectivity index (χ2n) is 5.58. The molecule has 2 amide bonds. The largest absolute Gasteiger partial charge is 0.368 e. The molecule has 1 fully saturated rings. The summed E-state index contributed by atoms with van der Waals surface area (Å²) < 4.78 is 3.83. The Hall–Kier alpha value is -1.04. The van der Waals surface area contributed by atoms with E-state index in [0.717, 1.165) is 25.7 Å². The fourth-order valence-corrected chi connectivity index (χ4v) is 3.47. The third-order valence-corrected chi connectivity index (χ3v) is 5.20. The van der Waals surface area contributed by atoms with Gasteiger partial charge in [0.25, 0.3) is 0 Å². The van der Waals surface area contributed by atoms with E-state index in [4.69, 9.17) is 12.2 Å². The molecule has 23 heavy (non-hydrogen) atoms. The van der Waals surface area contributed by atoms with Crippen molar-refractivity contribution in [1.82, 2.24) is 20.3 Å². The number of hydrogen-bond acceptors (Lipinski definition) is 5. The van der Waals surface area contributed by atoms with Gasteiger partial charge in [0.1, 0.15) is 9.86 Å². The number of thiocarbonyl (C=S) groups is 1. The first-order valence-electron chi connectivity index (χ1n) is 8.22. The van der Waals surface area contributed by atoms with Crippen LogP contribution in [0, 0.1) is 11.3 Å². The molecular formula is C15H27N5OS2. The molecule has 0 aromatic heterocycles. The van der Waals surface area contributed by atoms with Gasteiger partial charge in [0.2, 0.25) is 0 Å². The molecule has 0 saturated heterocycles. The maximum absolute atomic E-state index is 11.8. The quantitative estimate of drug-likeness (QED) is 0.369. The second-order valence-corrected chi connectivity index (χ2v) is 7.06. The van der Waals surface area contributed by atoms with Gasteiger partial charge >= 0.3 is 6.03 Å². The average Bonchev–Trinajstić information content (AvgIpc) is 2.59. The minimum atomic E-state index is -0.453. The number of hydrogen-bond donors (Lipinski definition) is 3. The first-order valence-corrected chi connectivity index (χ1v) is 9.45. The van der Waals surface area contributed by atoms with Crippen molar-refractivity contribution in [2.45, 2.75) is 51.5 Å². The summed E-state index contributed by atoms with van der Waals surface area (Å²) in [6, 6.07) is 2.34. The van der Waals surface area contributed by atoms with Gasteiger partial charge in [-0.2, -0.15) is 5.26 Å². The van der Waals surface area contributed by atoms with Crippen LogP contribution < -0.4 is 15.4 Å². The van der Waals surface area contributed by atoms with Crippen LogP contribution in [0.1, 0.15) is 46.0 Å². The van der Waals surface area contributed by atoms with E-state index in [9.17, 15) is 10.1 Å². The number of rotatable bonds is 7. The highest BCUT2D eigenvalue weighted by molar-refractivity contribution is 8.21. The maximum atomic E-state index is 11.8. The summed E-state index contributed by atoms with van der Waals surface area (Å²) in [6.07, 6.45) is 5.11. The van der Waals surface area contributed by atoms with Crippen LogP contribution in [-0.4, -0.2) is 47.0 Å². The molecule has 130 valence electrons. The Morgan fingerprint density at radius 2 is 1.83 bits per heavy atom. The Bertz CT molecular complexity index is 428. The number of amides is 2. The zero-order valence-corrected chi connectivity index (χ0v) is 15.6. The monoisotopic (exact) mass is 357 g/mol. The summed E-state index contributed by atoms with van der Waals surface area (Å²) in [6.45, 7) is 6.39. The van der Waals surface area contributed by atoms with E-state index in [0.29, 0.717) is 30.5 Å². The van der Waals surface area contributed by atoms with Crippen LogP contribution in [0.4, 0.5) is 4.79 Å². The SMILES string of the molecule is CCN(CC)C(=O)NCCNC(=S)SNC1(C#N)CCCCC1. The van der Waals surface area contributed by atoms with Crippen LogP contribution in [0.3, 0.4) is 0 Å². The fourth-order valence-electron chi connectivity index (χ4n) is 2.53. The Morgan fingerprint density at radius 3 is 2.39 bits per heavy atom. The Kier molecular flexibility index (Phi) is 9.29. The number of nitrogens with one attached hydrogen (secondary N) is 3. The van der Waals surface area contributed by atoms with Crippen LogP contribution in [0.25, 0.3) is 0 Å². The summed E-state index contributed by atoms with van der Waals surface area (Å²) in [5.41, 5.74) is -0.453. The summed E-state index contributed by atoms with van der Waals surface area (Å²) >= 11 is 6.56. The second kappa shape index (κ2) is 10.7. The third-order valence-electron chi connectivity index (χ3n) is 3.98. The lowest BCUT2D eigenvalue weighted by Gasteiger charge is -2.31. The summed E-state index contributed by atoms with van der Waals surface area (Å²) in [5, 5.41) is 15.3. The molecule has 0 radical (unpaired) electrons. The smallest absolute Gasteiger partial charge is 0.317 e. The molecule has 1 saturated carbocycles. The molecule has 8 heteroatoms. The van der Waals surface area contributed by atoms with Gasteiger partial charge in [-0.15, -0.1) is 0 Å². The van der Waals surface area contributed by atoms with E-state index in [1.807, 2.05) is 13.8 Å². The molecule has 3 N–H and O–H groups in total. The fraction of sp³-hybridized carbons (Fsp3) is 0.800. The van der Waals surface area contributed by atoms with Crippen LogP contribution in [-0.2, 0) is 0 Å². The van der Waals surface area contributed by atoms with Crippen molar-refractivity contribution in [2.75, 3.05) is 26.2 Å². The standard InChI is InChI=1S/C15H27N5OS2/c1-3-20(4-2)13(21)17-10-11-18-14(22)23-19-15(12-16)8-6-5-7-9-15/h19H,3-11H2,1-2H3,(H,17,21)(H,18,22). The minimum Gasteiger partial charge on any atom is -0.368 e. The molecule has 0 aromatic rings. The molecule has 1 rings (SSSR count). The van der Waals surface area contributed by atoms with Gasteiger partial charge in [-0.25, -0.2) is 9.52 Å². The first-order chi connectivity index (χ1) is 11.1. The summed E-state index contributed by atoms with van der Waals surface area (Å²) in [7, 11) is 0. The predicted molar refractivity (Wildman–Crippen MR) is 99.1 cm³/mol. The van der Waals surface area contributed by atoms with Crippen molar-refractivity contribution in [3.63, 3.8) is 0 Å². The van der Waals surface area contributed by atoms with Crippen LogP contribution in [0.15, 0.2) is 0 Å². The van der Waals surface area contributed by atoms with E-state index in [2.05, 4.69) is 21.4 Å². The zero-order valence-electron chi connectivity index (χ0n) is 14.0. The Balaban J connectivity index is 2.19. The molecule has 0 aliphatic heterocycles. The molecule has 1 aliphatic carbocycles. The highest BCUT2D eigenvalue weighted by atomic mass is 32.2. The Labute approximate surface area is 148 Å². The lowest BCUT2D eigenvalue weighted by atomic mass is 9.84. The number of urea groups is 1. The van der Waals surface area contributed by atoms with E-state index < -0.39 is 5.54 Å². The zero-order chi connectivity index (χ0) is 17.1. The molecule has 0 bridgehead atoms. The maximum Gasteiger partial charge on any atom is 0.317 e. The van der Waals surface area contributed by atoms with Crippen molar-refractivity contribution in [3.05, 3.63) is 0 Å². The van der Waals surface area contributed by atoms with Gasteiger partial charge in [0.15, 0.2) is 0 Å². The lowest BCUT2D eigenvalue weighted by Crippen LogP contribution is -2.44. The average molecular weight is 358 g/mol. The van der Waals surface area contributed by atoms with E-state index in [1.54, 1.807) is 4.90 Å². The topological polar surface area (TPSA) is 80.2 Å². The molecule has 6 nitrogen and oxygen atoms in total. The highest BCUT2D eigenvalue weighted by Crippen LogP contribution is 2.29. The minimum absolute atomic E-state index is 0.0564. The lowest BCUT2D eigenvalue weighted by molar-refractivity contribution is 0.203. The predicted octanol–water partition coefficient (Wildman–Crippen LogP) is 2.38. The van der Waals surface area contributed by atoms with E-state index >= 15 is 0 Å². The number of nitriles is 1.